The molecule has 0 saturated carbocycles. The van der Waals surface area contributed by atoms with Crippen LogP contribution in [-0.2, 0) is 4.74 Å². The van der Waals surface area contributed by atoms with Crippen molar-refractivity contribution >= 4 is 11.6 Å². The lowest BCUT2D eigenvalue weighted by Crippen LogP contribution is -2.26. The van der Waals surface area contributed by atoms with Gasteiger partial charge in [-0.15, -0.1) is 11.6 Å². The fourth-order valence-corrected chi connectivity index (χ4v) is 1.37. The molecule has 0 amide bonds. The van der Waals surface area contributed by atoms with Gasteiger partial charge in [0.15, 0.2) is 0 Å². The van der Waals surface area contributed by atoms with Crippen LogP contribution in [-0.4, -0.2) is 43.6 Å². The smallest absolute Gasteiger partial charge is 0.0478 e. The average Bonchev–Trinajstić information content (AvgIpc) is 2.17. The molecule has 0 aliphatic carbocycles. The standard InChI is InChI=1S/C10H22ClNO/c1-3-12(8-5-7-11)9-6-10-13-4-2/h3-10H2,1-2H3. The molecule has 0 radical (unpaired) electrons. The summed E-state index contributed by atoms with van der Waals surface area (Å²) in [6.07, 6.45) is 2.22. The van der Waals surface area contributed by atoms with Gasteiger partial charge >= 0.3 is 0 Å². The van der Waals surface area contributed by atoms with Crippen LogP contribution in [0.4, 0.5) is 0 Å². The Morgan fingerprint density at radius 3 is 2.38 bits per heavy atom. The van der Waals surface area contributed by atoms with Gasteiger partial charge < -0.3 is 9.64 Å². The van der Waals surface area contributed by atoms with Crippen molar-refractivity contribution in [1.29, 1.82) is 0 Å². The SMILES string of the molecule is CCOCCCN(CC)CCCCl. The predicted molar refractivity (Wildman–Crippen MR) is 58.6 cm³/mol. The fraction of sp³-hybridized carbons (Fsp3) is 1.00. The summed E-state index contributed by atoms with van der Waals surface area (Å²) in [6.45, 7) is 9.30. The molecule has 0 aromatic carbocycles. The molecule has 0 atom stereocenters. The second-order valence-corrected chi connectivity index (χ2v) is 3.41. The van der Waals surface area contributed by atoms with Gasteiger partial charge in [-0.25, -0.2) is 0 Å². The Hall–Kier alpha value is 0.210. The van der Waals surface area contributed by atoms with Crippen molar-refractivity contribution in [3.8, 4) is 0 Å². The van der Waals surface area contributed by atoms with Crippen LogP contribution < -0.4 is 0 Å². The van der Waals surface area contributed by atoms with Crippen LogP contribution in [0.2, 0.25) is 0 Å². The lowest BCUT2D eigenvalue weighted by molar-refractivity contribution is 0.132. The summed E-state index contributed by atoms with van der Waals surface area (Å²) in [5.41, 5.74) is 0. The van der Waals surface area contributed by atoms with E-state index in [9.17, 15) is 0 Å². The number of rotatable bonds is 9. The van der Waals surface area contributed by atoms with Crippen LogP contribution >= 0.6 is 11.6 Å². The largest absolute Gasteiger partial charge is 0.382 e. The molecule has 0 spiro atoms. The topological polar surface area (TPSA) is 12.5 Å². The fourth-order valence-electron chi connectivity index (χ4n) is 1.25. The molecule has 0 aromatic rings. The van der Waals surface area contributed by atoms with Gasteiger partial charge in [0.25, 0.3) is 0 Å². The van der Waals surface area contributed by atoms with E-state index < -0.39 is 0 Å². The van der Waals surface area contributed by atoms with E-state index in [4.69, 9.17) is 16.3 Å². The van der Waals surface area contributed by atoms with Gasteiger partial charge in [-0.05, 0) is 32.9 Å². The number of nitrogens with zero attached hydrogens (tertiary/aromatic N) is 1. The lowest BCUT2D eigenvalue weighted by Gasteiger charge is -2.19. The maximum atomic E-state index is 5.63. The lowest BCUT2D eigenvalue weighted by atomic mass is 10.3. The Morgan fingerprint density at radius 2 is 1.85 bits per heavy atom. The molecule has 0 unspecified atom stereocenters. The minimum absolute atomic E-state index is 0.766. The van der Waals surface area contributed by atoms with Gasteiger partial charge in [0.05, 0.1) is 0 Å². The van der Waals surface area contributed by atoms with Crippen molar-refractivity contribution in [2.24, 2.45) is 0 Å². The molecule has 0 aliphatic rings. The van der Waals surface area contributed by atoms with E-state index >= 15 is 0 Å². The first kappa shape index (κ1) is 13.2. The number of halogens is 1. The molecule has 0 fully saturated rings. The first-order valence-electron chi connectivity index (χ1n) is 5.21. The molecular weight excluding hydrogens is 186 g/mol. The highest BCUT2D eigenvalue weighted by atomic mass is 35.5. The van der Waals surface area contributed by atoms with Crippen LogP contribution in [0.3, 0.4) is 0 Å². The first-order valence-corrected chi connectivity index (χ1v) is 5.74. The summed E-state index contributed by atoms with van der Waals surface area (Å²) in [5.74, 6) is 0.766. The van der Waals surface area contributed by atoms with E-state index in [-0.39, 0.29) is 0 Å². The summed E-state index contributed by atoms with van der Waals surface area (Å²) in [6, 6.07) is 0. The van der Waals surface area contributed by atoms with Gasteiger partial charge in [-0.2, -0.15) is 0 Å². The Bertz CT molecular complexity index is 101. The molecular formula is C10H22ClNO. The summed E-state index contributed by atoms with van der Waals surface area (Å²) < 4.78 is 5.28. The van der Waals surface area contributed by atoms with Crippen LogP contribution in [0, 0.1) is 0 Å². The summed E-state index contributed by atoms with van der Waals surface area (Å²) in [7, 11) is 0. The van der Waals surface area contributed by atoms with Crippen molar-refractivity contribution < 1.29 is 4.74 Å². The second kappa shape index (κ2) is 10.3. The molecule has 0 aromatic heterocycles. The van der Waals surface area contributed by atoms with Crippen LogP contribution in [0.5, 0.6) is 0 Å². The molecule has 80 valence electrons. The quantitative estimate of drug-likeness (QED) is 0.425. The molecule has 13 heavy (non-hydrogen) atoms. The Kier molecular flexibility index (Phi) is 10.5. The van der Waals surface area contributed by atoms with Gasteiger partial charge in [-0.1, -0.05) is 6.92 Å². The zero-order valence-electron chi connectivity index (χ0n) is 8.89. The minimum atomic E-state index is 0.766. The monoisotopic (exact) mass is 207 g/mol. The van der Waals surface area contributed by atoms with Crippen LogP contribution in [0.25, 0.3) is 0 Å². The van der Waals surface area contributed by atoms with Crippen molar-refractivity contribution in [3.63, 3.8) is 0 Å². The summed E-state index contributed by atoms with van der Waals surface area (Å²) in [4.78, 5) is 2.42. The second-order valence-electron chi connectivity index (χ2n) is 3.03. The van der Waals surface area contributed by atoms with Crippen molar-refractivity contribution in [3.05, 3.63) is 0 Å². The molecule has 0 aliphatic heterocycles. The van der Waals surface area contributed by atoms with E-state index in [0.29, 0.717) is 0 Å². The number of alkyl halides is 1. The third-order valence-electron chi connectivity index (χ3n) is 2.02. The van der Waals surface area contributed by atoms with E-state index in [1.165, 1.54) is 0 Å². The molecule has 2 nitrogen and oxygen atoms in total. The summed E-state index contributed by atoms with van der Waals surface area (Å²) >= 11 is 5.63. The van der Waals surface area contributed by atoms with Crippen molar-refractivity contribution in [2.75, 3.05) is 38.7 Å². The molecule has 0 rings (SSSR count). The highest BCUT2D eigenvalue weighted by Crippen LogP contribution is 1.95. The predicted octanol–water partition coefficient (Wildman–Crippen LogP) is 2.36. The van der Waals surface area contributed by atoms with Gasteiger partial charge in [-0.3, -0.25) is 0 Å². The maximum absolute atomic E-state index is 5.63. The highest BCUT2D eigenvalue weighted by Gasteiger charge is 2.00. The molecule has 0 heterocycles. The third kappa shape index (κ3) is 8.54. The number of hydrogen-bond donors (Lipinski definition) is 0. The maximum Gasteiger partial charge on any atom is 0.0478 e. The van der Waals surface area contributed by atoms with Gasteiger partial charge in [0.1, 0.15) is 0 Å². The van der Waals surface area contributed by atoms with E-state index in [1.807, 2.05) is 6.92 Å². The number of hydrogen-bond acceptors (Lipinski definition) is 2. The number of ether oxygens (including phenoxy) is 1. The summed E-state index contributed by atoms with van der Waals surface area (Å²) in [5, 5.41) is 0. The first-order chi connectivity index (χ1) is 6.35. The van der Waals surface area contributed by atoms with E-state index in [0.717, 1.165) is 51.6 Å². The highest BCUT2D eigenvalue weighted by molar-refractivity contribution is 6.17. The van der Waals surface area contributed by atoms with Gasteiger partial charge in [0, 0.05) is 25.6 Å². The minimum Gasteiger partial charge on any atom is -0.382 e. The van der Waals surface area contributed by atoms with Crippen LogP contribution in [0.15, 0.2) is 0 Å². The third-order valence-corrected chi connectivity index (χ3v) is 2.29. The zero-order valence-corrected chi connectivity index (χ0v) is 9.65. The molecule has 3 heteroatoms. The zero-order chi connectivity index (χ0) is 9.94. The Balaban J connectivity index is 3.25. The molecule has 0 N–H and O–H groups in total. The van der Waals surface area contributed by atoms with E-state index in [1.54, 1.807) is 0 Å². The van der Waals surface area contributed by atoms with Crippen molar-refractivity contribution in [1.82, 2.24) is 4.90 Å². The van der Waals surface area contributed by atoms with E-state index in [2.05, 4.69) is 11.8 Å². The average molecular weight is 208 g/mol. The normalized spacial score (nSPS) is 11.1. The van der Waals surface area contributed by atoms with Crippen LogP contribution in [0.1, 0.15) is 26.7 Å². The molecule has 0 saturated heterocycles. The Morgan fingerprint density at radius 1 is 1.15 bits per heavy atom. The van der Waals surface area contributed by atoms with Gasteiger partial charge in [0.2, 0.25) is 0 Å². The Labute approximate surface area is 87.2 Å². The molecule has 0 bridgehead atoms. The van der Waals surface area contributed by atoms with Crippen molar-refractivity contribution in [2.45, 2.75) is 26.7 Å².